The van der Waals surface area contributed by atoms with E-state index in [0.717, 1.165) is 4.47 Å². The van der Waals surface area contributed by atoms with Crippen LogP contribution in [-0.4, -0.2) is 0 Å². The molecule has 0 heterocycles. The van der Waals surface area contributed by atoms with Crippen molar-refractivity contribution in [2.45, 2.75) is 19.3 Å². The minimum atomic E-state index is 0.0360. The van der Waals surface area contributed by atoms with Gasteiger partial charge in [0.2, 0.25) is 0 Å². The number of hydrogen-bond acceptors (Lipinski definition) is 0. The summed E-state index contributed by atoms with van der Waals surface area (Å²) in [6.45, 7) is 4.66. The van der Waals surface area contributed by atoms with E-state index in [2.05, 4.69) is 96.5 Å². The molecule has 4 aromatic carbocycles. The minimum absolute atomic E-state index is 0.0360. The molecular formula is C23H17Br. The van der Waals surface area contributed by atoms with E-state index in [4.69, 9.17) is 0 Å². The Morgan fingerprint density at radius 1 is 0.625 bits per heavy atom. The molecule has 0 unspecified atom stereocenters. The van der Waals surface area contributed by atoms with Crippen LogP contribution in [0.2, 0.25) is 0 Å². The molecule has 5 rings (SSSR count). The first kappa shape index (κ1) is 14.2. The molecule has 0 amide bonds. The van der Waals surface area contributed by atoms with E-state index >= 15 is 0 Å². The van der Waals surface area contributed by atoms with Crippen LogP contribution < -0.4 is 0 Å². The number of fused-ring (bicyclic) bond motifs is 5. The number of hydrogen-bond donors (Lipinski definition) is 0. The minimum Gasteiger partial charge on any atom is -0.0616 e. The summed E-state index contributed by atoms with van der Waals surface area (Å²) in [5, 5.41) is 5.26. The van der Waals surface area contributed by atoms with Crippen molar-refractivity contribution in [3.63, 3.8) is 0 Å². The molecule has 0 fully saturated rings. The highest BCUT2D eigenvalue weighted by Gasteiger charge is 2.35. The quantitative estimate of drug-likeness (QED) is 0.289. The molecule has 0 atom stereocenters. The van der Waals surface area contributed by atoms with Gasteiger partial charge >= 0.3 is 0 Å². The van der Waals surface area contributed by atoms with Gasteiger partial charge in [0.05, 0.1) is 0 Å². The first-order valence-electron chi connectivity index (χ1n) is 8.31. The van der Waals surface area contributed by atoms with E-state index in [1.54, 1.807) is 0 Å². The average Bonchev–Trinajstić information content (AvgIpc) is 2.78. The lowest BCUT2D eigenvalue weighted by molar-refractivity contribution is 0.661. The van der Waals surface area contributed by atoms with Crippen LogP contribution in [0, 0.1) is 0 Å². The average molecular weight is 373 g/mol. The molecule has 0 N–H and O–H groups in total. The number of rotatable bonds is 0. The number of benzene rings is 4. The van der Waals surface area contributed by atoms with E-state index in [9.17, 15) is 0 Å². The fourth-order valence-corrected chi connectivity index (χ4v) is 4.51. The molecule has 0 aromatic heterocycles. The van der Waals surface area contributed by atoms with Crippen molar-refractivity contribution >= 4 is 37.5 Å². The Kier molecular flexibility index (Phi) is 2.79. The maximum Gasteiger partial charge on any atom is 0.0178 e. The van der Waals surface area contributed by atoms with Crippen molar-refractivity contribution in [2.24, 2.45) is 0 Å². The van der Waals surface area contributed by atoms with E-state index in [-0.39, 0.29) is 5.41 Å². The van der Waals surface area contributed by atoms with Gasteiger partial charge in [-0.2, -0.15) is 0 Å². The van der Waals surface area contributed by atoms with Gasteiger partial charge in [0, 0.05) is 9.89 Å². The van der Waals surface area contributed by atoms with Gasteiger partial charge < -0.3 is 0 Å². The smallest absolute Gasteiger partial charge is 0.0178 e. The van der Waals surface area contributed by atoms with Gasteiger partial charge in [0.15, 0.2) is 0 Å². The van der Waals surface area contributed by atoms with Gasteiger partial charge in [-0.05, 0) is 80.2 Å². The van der Waals surface area contributed by atoms with Crippen molar-refractivity contribution < 1.29 is 0 Å². The Labute approximate surface area is 150 Å². The summed E-state index contributed by atoms with van der Waals surface area (Å²) in [7, 11) is 0. The van der Waals surface area contributed by atoms with E-state index < -0.39 is 0 Å². The molecule has 0 bridgehead atoms. The second-order valence-electron chi connectivity index (χ2n) is 7.26. The van der Waals surface area contributed by atoms with Crippen molar-refractivity contribution in [1.82, 2.24) is 0 Å². The SMILES string of the molecule is CC1(C)c2cc(Br)ccc2-c2cc3cc4ccccc4cc3cc21. The van der Waals surface area contributed by atoms with Crippen LogP contribution in [0.15, 0.2) is 71.2 Å². The van der Waals surface area contributed by atoms with E-state index in [1.165, 1.54) is 43.8 Å². The molecule has 0 aliphatic heterocycles. The lowest BCUT2D eigenvalue weighted by Crippen LogP contribution is -2.14. The van der Waals surface area contributed by atoms with Crippen LogP contribution in [-0.2, 0) is 5.41 Å². The number of halogens is 1. The molecule has 4 aromatic rings. The Morgan fingerprint density at radius 2 is 1.25 bits per heavy atom. The predicted molar refractivity (Wildman–Crippen MR) is 107 cm³/mol. The topological polar surface area (TPSA) is 0 Å². The van der Waals surface area contributed by atoms with E-state index in [0.29, 0.717) is 0 Å². The maximum absolute atomic E-state index is 3.63. The predicted octanol–water partition coefficient (Wildman–Crippen LogP) is 7.06. The molecule has 0 saturated heterocycles. The van der Waals surface area contributed by atoms with Crippen molar-refractivity contribution in [3.8, 4) is 11.1 Å². The lowest BCUT2D eigenvalue weighted by atomic mass is 9.82. The normalized spacial score (nSPS) is 14.8. The first-order valence-corrected chi connectivity index (χ1v) is 9.11. The second-order valence-corrected chi connectivity index (χ2v) is 8.17. The third kappa shape index (κ3) is 1.85. The van der Waals surface area contributed by atoms with Gasteiger partial charge in [0.25, 0.3) is 0 Å². The highest BCUT2D eigenvalue weighted by Crippen LogP contribution is 2.50. The van der Waals surface area contributed by atoms with Crippen LogP contribution in [0.5, 0.6) is 0 Å². The largest absolute Gasteiger partial charge is 0.0616 e. The van der Waals surface area contributed by atoms with E-state index in [1.807, 2.05) is 0 Å². The molecule has 116 valence electrons. The zero-order valence-electron chi connectivity index (χ0n) is 13.7. The van der Waals surface area contributed by atoms with Crippen LogP contribution >= 0.6 is 15.9 Å². The van der Waals surface area contributed by atoms with Gasteiger partial charge in [-0.3, -0.25) is 0 Å². The molecule has 1 heteroatoms. The summed E-state index contributed by atoms with van der Waals surface area (Å²) in [5.74, 6) is 0. The Hall–Kier alpha value is -2.12. The van der Waals surface area contributed by atoms with Gasteiger partial charge in [-0.25, -0.2) is 0 Å². The van der Waals surface area contributed by atoms with Gasteiger partial charge in [0.1, 0.15) is 0 Å². The van der Waals surface area contributed by atoms with Crippen molar-refractivity contribution in [3.05, 3.63) is 82.3 Å². The molecule has 1 aliphatic rings. The van der Waals surface area contributed by atoms with Crippen molar-refractivity contribution in [1.29, 1.82) is 0 Å². The Bertz CT molecular complexity index is 1140. The zero-order chi connectivity index (χ0) is 16.5. The lowest BCUT2D eigenvalue weighted by Gasteiger charge is -2.22. The van der Waals surface area contributed by atoms with Crippen molar-refractivity contribution in [2.75, 3.05) is 0 Å². The molecule has 0 spiro atoms. The first-order chi connectivity index (χ1) is 11.5. The molecule has 24 heavy (non-hydrogen) atoms. The fraction of sp³-hybridized carbons (Fsp3) is 0.130. The standard InChI is InChI=1S/C23H17Br/c1-23(2)21-12-17-10-15-6-4-3-5-14(15)9-16(17)11-20(21)19-8-7-18(24)13-22(19)23/h3-13H,1-2H3. The van der Waals surface area contributed by atoms with Crippen LogP contribution in [0.4, 0.5) is 0 Å². The summed E-state index contributed by atoms with van der Waals surface area (Å²) in [4.78, 5) is 0. The van der Waals surface area contributed by atoms with Crippen LogP contribution in [0.1, 0.15) is 25.0 Å². The highest BCUT2D eigenvalue weighted by molar-refractivity contribution is 9.10. The molecule has 1 aliphatic carbocycles. The summed E-state index contributed by atoms with van der Waals surface area (Å²) in [6.07, 6.45) is 0. The van der Waals surface area contributed by atoms with Gasteiger partial charge in [-0.1, -0.05) is 60.1 Å². The molecule has 0 nitrogen and oxygen atoms in total. The van der Waals surface area contributed by atoms with Crippen LogP contribution in [0.3, 0.4) is 0 Å². The highest BCUT2D eigenvalue weighted by atomic mass is 79.9. The fourth-order valence-electron chi connectivity index (χ4n) is 4.15. The molecule has 0 radical (unpaired) electrons. The monoisotopic (exact) mass is 372 g/mol. The van der Waals surface area contributed by atoms with Crippen LogP contribution in [0.25, 0.3) is 32.7 Å². The molecular weight excluding hydrogens is 356 g/mol. The summed E-state index contributed by atoms with van der Waals surface area (Å²) < 4.78 is 1.15. The van der Waals surface area contributed by atoms with Gasteiger partial charge in [-0.15, -0.1) is 0 Å². The second kappa shape index (κ2) is 4.70. The molecule has 0 saturated carbocycles. The maximum atomic E-state index is 3.63. The summed E-state index contributed by atoms with van der Waals surface area (Å²) in [5.41, 5.74) is 5.62. The summed E-state index contributed by atoms with van der Waals surface area (Å²) >= 11 is 3.63. The third-order valence-electron chi connectivity index (χ3n) is 5.46. The third-order valence-corrected chi connectivity index (χ3v) is 5.95. The summed E-state index contributed by atoms with van der Waals surface area (Å²) in [6, 6.07) is 24.7. The Morgan fingerprint density at radius 3 is 1.96 bits per heavy atom. The Balaban J connectivity index is 1.88. The zero-order valence-corrected chi connectivity index (χ0v) is 15.3.